The van der Waals surface area contributed by atoms with Crippen LogP contribution in [-0.2, 0) is 6.42 Å². The van der Waals surface area contributed by atoms with Crippen LogP contribution in [0, 0.1) is 23.5 Å². The number of aromatic nitrogens is 1. The summed E-state index contributed by atoms with van der Waals surface area (Å²) in [5.74, 6) is -0.0685. The fourth-order valence-corrected chi connectivity index (χ4v) is 3.89. The average molecular weight is 369 g/mol. The van der Waals surface area contributed by atoms with E-state index in [1.165, 1.54) is 56.6 Å². The van der Waals surface area contributed by atoms with E-state index >= 15 is 0 Å². The summed E-state index contributed by atoms with van der Waals surface area (Å²) in [6, 6.07) is 7.87. The van der Waals surface area contributed by atoms with Gasteiger partial charge in [-0.3, -0.25) is 4.98 Å². The van der Waals surface area contributed by atoms with E-state index in [2.05, 4.69) is 30.1 Å². The van der Waals surface area contributed by atoms with Crippen LogP contribution in [0.2, 0.25) is 0 Å². The molecule has 3 rings (SSSR count). The molecular weight excluding hydrogens is 340 g/mol. The van der Waals surface area contributed by atoms with E-state index in [1.807, 2.05) is 12.3 Å². The van der Waals surface area contributed by atoms with Gasteiger partial charge in [0.2, 0.25) is 0 Å². The largest absolute Gasteiger partial charge is 0.256 e. The first kappa shape index (κ1) is 19.7. The zero-order chi connectivity index (χ0) is 19.1. The Balaban J connectivity index is 1.47. The van der Waals surface area contributed by atoms with Crippen LogP contribution in [0.5, 0.6) is 0 Å². The number of hydrogen-bond acceptors (Lipinski definition) is 1. The van der Waals surface area contributed by atoms with Crippen LogP contribution in [0.4, 0.5) is 8.78 Å². The molecule has 0 amide bonds. The summed E-state index contributed by atoms with van der Waals surface area (Å²) in [4.78, 5) is 4.44. The maximum Gasteiger partial charge on any atom is 0.159 e. The topological polar surface area (TPSA) is 12.9 Å². The highest BCUT2D eigenvalue weighted by molar-refractivity contribution is 5.59. The third kappa shape index (κ3) is 5.72. The minimum Gasteiger partial charge on any atom is -0.256 e. The van der Waals surface area contributed by atoms with Gasteiger partial charge in [-0.15, -0.1) is 0 Å². The van der Waals surface area contributed by atoms with E-state index in [0.29, 0.717) is 11.3 Å². The standard InChI is InChI=1S/C24H29F2N/c1-2-3-4-5-18-6-8-19(9-7-18)10-11-20-12-15-24(27-17-20)21-13-14-22(25)23(26)16-21/h4-5,12-19H,2-3,6-11H2,1H3/b5-4+/t18-,19-. The number of halogens is 2. The predicted octanol–water partition coefficient (Wildman–Crippen LogP) is 7.12. The fourth-order valence-electron chi connectivity index (χ4n) is 3.89. The van der Waals surface area contributed by atoms with Crippen molar-refractivity contribution < 1.29 is 8.78 Å². The van der Waals surface area contributed by atoms with Crippen molar-refractivity contribution in [1.82, 2.24) is 4.98 Å². The van der Waals surface area contributed by atoms with Crippen molar-refractivity contribution >= 4 is 0 Å². The summed E-state index contributed by atoms with van der Waals surface area (Å²) in [5, 5.41) is 0. The number of allylic oxidation sites excluding steroid dienone is 2. The lowest BCUT2D eigenvalue weighted by atomic mass is 9.79. The van der Waals surface area contributed by atoms with Crippen LogP contribution in [0.1, 0.15) is 57.4 Å². The summed E-state index contributed by atoms with van der Waals surface area (Å²) < 4.78 is 26.4. The van der Waals surface area contributed by atoms with Gasteiger partial charge in [-0.05, 0) is 86.6 Å². The summed E-state index contributed by atoms with van der Waals surface area (Å²) >= 11 is 0. The third-order valence-electron chi connectivity index (χ3n) is 5.64. The molecule has 0 bridgehead atoms. The maximum absolute atomic E-state index is 13.4. The van der Waals surface area contributed by atoms with Gasteiger partial charge < -0.3 is 0 Å². The summed E-state index contributed by atoms with van der Waals surface area (Å²) in [5.41, 5.74) is 2.50. The van der Waals surface area contributed by atoms with Crippen LogP contribution in [0.15, 0.2) is 48.7 Å². The molecule has 0 saturated heterocycles. The summed E-state index contributed by atoms with van der Waals surface area (Å²) in [6.45, 7) is 2.22. The smallest absolute Gasteiger partial charge is 0.159 e. The molecule has 27 heavy (non-hydrogen) atoms. The second-order valence-corrected chi connectivity index (χ2v) is 7.72. The number of hydrogen-bond donors (Lipinski definition) is 0. The van der Waals surface area contributed by atoms with Crippen LogP contribution < -0.4 is 0 Å². The lowest BCUT2D eigenvalue weighted by Crippen LogP contribution is -2.13. The fraction of sp³-hybridized carbons (Fsp3) is 0.458. The third-order valence-corrected chi connectivity index (χ3v) is 5.64. The summed E-state index contributed by atoms with van der Waals surface area (Å²) in [6.07, 6.45) is 16.6. The van der Waals surface area contributed by atoms with Gasteiger partial charge in [0.1, 0.15) is 0 Å². The second-order valence-electron chi connectivity index (χ2n) is 7.72. The van der Waals surface area contributed by atoms with Crippen molar-refractivity contribution in [2.45, 2.75) is 58.3 Å². The minimum atomic E-state index is -0.835. The first-order chi connectivity index (χ1) is 13.2. The molecule has 1 aliphatic rings. The van der Waals surface area contributed by atoms with Gasteiger partial charge in [-0.25, -0.2) is 8.78 Å². The Hall–Kier alpha value is -2.03. The molecule has 1 aromatic heterocycles. The zero-order valence-corrected chi connectivity index (χ0v) is 16.1. The zero-order valence-electron chi connectivity index (χ0n) is 16.1. The van der Waals surface area contributed by atoms with Crippen LogP contribution >= 0.6 is 0 Å². The first-order valence-corrected chi connectivity index (χ1v) is 10.2. The molecule has 1 saturated carbocycles. The lowest BCUT2D eigenvalue weighted by molar-refractivity contribution is 0.296. The molecule has 0 unspecified atom stereocenters. The van der Waals surface area contributed by atoms with E-state index < -0.39 is 11.6 Å². The maximum atomic E-state index is 13.4. The van der Waals surface area contributed by atoms with Gasteiger partial charge in [-0.1, -0.05) is 31.6 Å². The highest BCUT2D eigenvalue weighted by Gasteiger charge is 2.19. The number of pyridine rings is 1. The van der Waals surface area contributed by atoms with Crippen molar-refractivity contribution in [3.05, 3.63) is 65.9 Å². The van der Waals surface area contributed by atoms with Crippen LogP contribution in [0.25, 0.3) is 11.3 Å². The van der Waals surface area contributed by atoms with Crippen molar-refractivity contribution in [3.63, 3.8) is 0 Å². The number of benzene rings is 1. The van der Waals surface area contributed by atoms with Gasteiger partial charge in [0.05, 0.1) is 5.69 Å². The molecule has 1 heterocycles. The van der Waals surface area contributed by atoms with Gasteiger partial charge in [0.25, 0.3) is 0 Å². The van der Waals surface area contributed by atoms with Crippen molar-refractivity contribution in [1.29, 1.82) is 0 Å². The molecule has 1 aromatic carbocycles. The van der Waals surface area contributed by atoms with Crippen molar-refractivity contribution in [3.8, 4) is 11.3 Å². The van der Waals surface area contributed by atoms with Crippen molar-refractivity contribution in [2.24, 2.45) is 11.8 Å². The Morgan fingerprint density at radius 3 is 2.52 bits per heavy atom. The van der Waals surface area contributed by atoms with Gasteiger partial charge in [0, 0.05) is 11.8 Å². The molecule has 3 heteroatoms. The monoisotopic (exact) mass is 369 g/mol. The second kappa shape index (κ2) is 9.77. The van der Waals surface area contributed by atoms with Crippen molar-refractivity contribution in [2.75, 3.05) is 0 Å². The SMILES string of the molecule is CCC/C=C/[C@H]1CC[C@H](CCc2ccc(-c3ccc(F)c(F)c3)nc2)CC1. The predicted molar refractivity (Wildman–Crippen MR) is 107 cm³/mol. The lowest BCUT2D eigenvalue weighted by Gasteiger charge is -2.26. The quantitative estimate of drug-likeness (QED) is 0.473. The molecule has 1 fully saturated rings. The Bertz CT molecular complexity index is 743. The van der Waals surface area contributed by atoms with E-state index in [-0.39, 0.29) is 0 Å². The van der Waals surface area contributed by atoms with Crippen LogP contribution in [0.3, 0.4) is 0 Å². The summed E-state index contributed by atoms with van der Waals surface area (Å²) in [7, 11) is 0. The number of nitrogens with zero attached hydrogens (tertiary/aromatic N) is 1. The highest BCUT2D eigenvalue weighted by Crippen LogP contribution is 2.32. The number of aryl methyl sites for hydroxylation is 1. The normalized spacial score (nSPS) is 20.3. The Kier molecular flexibility index (Phi) is 7.14. The van der Waals surface area contributed by atoms with Gasteiger partial charge in [0.15, 0.2) is 11.6 Å². The molecule has 1 aliphatic carbocycles. The van der Waals surface area contributed by atoms with Gasteiger partial charge in [-0.2, -0.15) is 0 Å². The Labute approximate surface area is 161 Å². The van der Waals surface area contributed by atoms with E-state index in [1.54, 1.807) is 6.07 Å². The molecule has 0 atom stereocenters. The highest BCUT2D eigenvalue weighted by atomic mass is 19.2. The number of unbranched alkanes of at least 4 members (excludes halogenated alkanes) is 1. The van der Waals surface area contributed by atoms with Gasteiger partial charge >= 0.3 is 0 Å². The molecule has 144 valence electrons. The molecule has 2 aromatic rings. The number of rotatable bonds is 7. The molecule has 0 N–H and O–H groups in total. The van der Waals surface area contributed by atoms with E-state index in [9.17, 15) is 8.78 Å². The Morgan fingerprint density at radius 1 is 1.04 bits per heavy atom. The first-order valence-electron chi connectivity index (χ1n) is 10.2. The molecule has 1 nitrogen and oxygen atoms in total. The van der Waals surface area contributed by atoms with E-state index in [4.69, 9.17) is 0 Å². The average Bonchev–Trinajstić information content (AvgIpc) is 2.70. The molecule has 0 aliphatic heterocycles. The molecule has 0 spiro atoms. The van der Waals surface area contributed by atoms with Crippen LogP contribution in [-0.4, -0.2) is 4.98 Å². The van der Waals surface area contributed by atoms with E-state index in [0.717, 1.165) is 24.3 Å². The minimum absolute atomic E-state index is 0.606. The Morgan fingerprint density at radius 2 is 1.85 bits per heavy atom. The molecular formula is C24H29F2N. The molecule has 0 radical (unpaired) electrons.